The summed E-state index contributed by atoms with van der Waals surface area (Å²) in [5.74, 6) is 0.0178. The third kappa shape index (κ3) is 2.51. The van der Waals surface area contributed by atoms with Crippen molar-refractivity contribution in [3.8, 4) is 0 Å². The van der Waals surface area contributed by atoms with Crippen molar-refractivity contribution in [3.05, 3.63) is 10.6 Å². The first-order chi connectivity index (χ1) is 9.29. The van der Waals surface area contributed by atoms with E-state index in [1.807, 2.05) is 6.92 Å². The van der Waals surface area contributed by atoms with E-state index in [2.05, 4.69) is 19.8 Å². The molecule has 2 fully saturated rings. The van der Waals surface area contributed by atoms with E-state index in [9.17, 15) is 4.79 Å². The van der Waals surface area contributed by atoms with Gasteiger partial charge in [0.15, 0.2) is 0 Å². The largest absolute Gasteiger partial charge is 0.347 e. The van der Waals surface area contributed by atoms with E-state index in [0.29, 0.717) is 17.0 Å². The molecule has 2 saturated heterocycles. The Bertz CT molecular complexity index is 461. The summed E-state index contributed by atoms with van der Waals surface area (Å²) in [7, 11) is 0. The van der Waals surface area contributed by atoms with E-state index in [1.165, 1.54) is 37.3 Å². The van der Waals surface area contributed by atoms with Crippen LogP contribution in [0.5, 0.6) is 0 Å². The molecule has 0 saturated carbocycles. The molecular weight excluding hydrogens is 260 g/mol. The van der Waals surface area contributed by atoms with Gasteiger partial charge in [0.25, 0.3) is 5.91 Å². The van der Waals surface area contributed by atoms with Crippen molar-refractivity contribution in [2.45, 2.75) is 51.1 Å². The van der Waals surface area contributed by atoms with Crippen LogP contribution in [0.25, 0.3) is 0 Å². The van der Waals surface area contributed by atoms with Crippen LogP contribution in [-0.4, -0.2) is 45.6 Å². The number of piperidine rings is 1. The lowest BCUT2D eigenvalue weighted by atomic mass is 9.99. The Morgan fingerprint density at radius 3 is 3.16 bits per heavy atom. The Morgan fingerprint density at radius 1 is 1.42 bits per heavy atom. The fourth-order valence-corrected chi connectivity index (χ4v) is 3.92. The second kappa shape index (κ2) is 5.54. The molecule has 2 aliphatic heterocycles. The van der Waals surface area contributed by atoms with Gasteiger partial charge in [0.2, 0.25) is 0 Å². The maximum atomic E-state index is 12.3. The summed E-state index contributed by atoms with van der Waals surface area (Å²) in [4.78, 5) is 15.5. The van der Waals surface area contributed by atoms with Crippen molar-refractivity contribution in [1.82, 2.24) is 19.8 Å². The maximum Gasteiger partial charge on any atom is 0.265 e. The normalized spacial score (nSPS) is 27.2. The van der Waals surface area contributed by atoms with Crippen LogP contribution >= 0.6 is 11.5 Å². The van der Waals surface area contributed by atoms with Crippen LogP contribution in [-0.2, 0) is 6.42 Å². The third-order valence-electron chi connectivity index (χ3n) is 4.27. The van der Waals surface area contributed by atoms with Crippen molar-refractivity contribution in [2.75, 3.05) is 13.1 Å². The average molecular weight is 280 g/mol. The number of fused-ring (bicyclic) bond motifs is 1. The van der Waals surface area contributed by atoms with Crippen molar-refractivity contribution in [3.63, 3.8) is 0 Å². The second-order valence-electron chi connectivity index (χ2n) is 5.37. The summed E-state index contributed by atoms with van der Waals surface area (Å²) in [5.41, 5.74) is 0.820. The van der Waals surface area contributed by atoms with E-state index < -0.39 is 0 Å². The van der Waals surface area contributed by atoms with Gasteiger partial charge in [-0.15, -0.1) is 5.10 Å². The second-order valence-corrected chi connectivity index (χ2v) is 6.12. The highest BCUT2D eigenvalue weighted by Gasteiger charge is 2.36. The molecule has 1 amide bonds. The standard InChI is InChI=1S/C13H20N4OS/c1-2-9-12(19-16-15-9)13(18)14-10-6-8-17-7-4-3-5-11(10)17/h10-11H,2-8H2,1H3,(H,14,18)/t10-,11+/m1/s1. The molecule has 0 aliphatic carbocycles. The molecule has 0 unspecified atom stereocenters. The van der Waals surface area contributed by atoms with E-state index >= 15 is 0 Å². The molecule has 2 atom stereocenters. The Balaban J connectivity index is 1.66. The molecule has 0 radical (unpaired) electrons. The molecule has 104 valence electrons. The SMILES string of the molecule is CCc1nnsc1C(=O)N[C@@H]1CCN2CCCC[C@@H]12. The number of amides is 1. The van der Waals surface area contributed by atoms with E-state index in [-0.39, 0.29) is 5.91 Å². The predicted molar refractivity (Wildman–Crippen MR) is 74.4 cm³/mol. The number of hydrogen-bond acceptors (Lipinski definition) is 5. The molecule has 0 bridgehead atoms. The lowest BCUT2D eigenvalue weighted by Crippen LogP contribution is -2.46. The maximum absolute atomic E-state index is 12.3. The van der Waals surface area contributed by atoms with Crippen molar-refractivity contribution in [1.29, 1.82) is 0 Å². The molecular formula is C13H20N4OS. The highest BCUT2D eigenvalue weighted by Crippen LogP contribution is 2.27. The van der Waals surface area contributed by atoms with Gasteiger partial charge in [-0.3, -0.25) is 9.69 Å². The van der Waals surface area contributed by atoms with Gasteiger partial charge in [0.1, 0.15) is 4.88 Å². The van der Waals surface area contributed by atoms with Gasteiger partial charge in [-0.25, -0.2) is 0 Å². The first-order valence-electron chi connectivity index (χ1n) is 7.15. The molecule has 19 heavy (non-hydrogen) atoms. The summed E-state index contributed by atoms with van der Waals surface area (Å²) in [6.45, 7) is 4.32. The van der Waals surface area contributed by atoms with Gasteiger partial charge in [-0.2, -0.15) is 0 Å². The van der Waals surface area contributed by atoms with Crippen LogP contribution in [0.4, 0.5) is 0 Å². The first kappa shape index (κ1) is 13.0. The first-order valence-corrected chi connectivity index (χ1v) is 7.93. The van der Waals surface area contributed by atoms with Crippen LogP contribution in [0, 0.1) is 0 Å². The zero-order valence-electron chi connectivity index (χ0n) is 11.3. The van der Waals surface area contributed by atoms with Gasteiger partial charge in [-0.05, 0) is 43.8 Å². The molecule has 1 aromatic heterocycles. The van der Waals surface area contributed by atoms with Crippen LogP contribution in [0.2, 0.25) is 0 Å². The summed E-state index contributed by atoms with van der Waals surface area (Å²) in [5, 5.41) is 7.21. The number of carbonyl (C=O) groups is 1. The Kier molecular flexibility index (Phi) is 3.79. The number of aromatic nitrogens is 2. The highest BCUT2D eigenvalue weighted by atomic mass is 32.1. The van der Waals surface area contributed by atoms with Crippen molar-refractivity contribution < 1.29 is 4.79 Å². The zero-order chi connectivity index (χ0) is 13.2. The third-order valence-corrected chi connectivity index (χ3v) is 5.04. The van der Waals surface area contributed by atoms with Crippen LogP contribution < -0.4 is 5.32 Å². The summed E-state index contributed by atoms with van der Waals surface area (Å²) in [6.07, 6.45) is 5.64. The molecule has 3 heterocycles. The van der Waals surface area contributed by atoms with Gasteiger partial charge < -0.3 is 5.32 Å². The number of hydrogen-bond donors (Lipinski definition) is 1. The summed E-state index contributed by atoms with van der Waals surface area (Å²) in [6, 6.07) is 0.850. The monoisotopic (exact) mass is 280 g/mol. The van der Waals surface area contributed by atoms with Gasteiger partial charge in [-0.1, -0.05) is 17.8 Å². The smallest absolute Gasteiger partial charge is 0.265 e. The number of carbonyl (C=O) groups excluding carboxylic acids is 1. The fraction of sp³-hybridized carbons (Fsp3) is 0.769. The Hall–Kier alpha value is -1.01. The zero-order valence-corrected chi connectivity index (χ0v) is 12.1. The lowest BCUT2D eigenvalue weighted by Gasteiger charge is -2.32. The minimum Gasteiger partial charge on any atom is -0.347 e. The molecule has 3 rings (SSSR count). The quantitative estimate of drug-likeness (QED) is 0.910. The van der Waals surface area contributed by atoms with E-state index in [4.69, 9.17) is 0 Å². The molecule has 0 spiro atoms. The van der Waals surface area contributed by atoms with Crippen LogP contribution in [0.1, 0.15) is 48.0 Å². The molecule has 1 N–H and O–H groups in total. The molecule has 2 aliphatic rings. The predicted octanol–water partition coefficient (Wildman–Crippen LogP) is 1.46. The molecule has 6 heteroatoms. The number of nitrogens with one attached hydrogen (secondary N) is 1. The van der Waals surface area contributed by atoms with Crippen LogP contribution in [0.15, 0.2) is 0 Å². The summed E-state index contributed by atoms with van der Waals surface area (Å²) >= 11 is 1.21. The molecule has 0 aromatic carbocycles. The van der Waals surface area contributed by atoms with Gasteiger partial charge in [0.05, 0.1) is 5.69 Å². The van der Waals surface area contributed by atoms with Crippen LogP contribution in [0.3, 0.4) is 0 Å². The number of rotatable bonds is 3. The van der Waals surface area contributed by atoms with E-state index in [1.54, 1.807) is 0 Å². The minimum absolute atomic E-state index is 0.0178. The van der Waals surface area contributed by atoms with E-state index in [0.717, 1.165) is 25.1 Å². The van der Waals surface area contributed by atoms with Crippen molar-refractivity contribution >= 4 is 17.4 Å². The van der Waals surface area contributed by atoms with Gasteiger partial charge in [0, 0.05) is 18.6 Å². The Morgan fingerprint density at radius 2 is 2.32 bits per heavy atom. The average Bonchev–Trinajstić information content (AvgIpc) is 3.05. The molecule has 1 aromatic rings. The lowest BCUT2D eigenvalue weighted by molar-refractivity contribution is 0.0918. The van der Waals surface area contributed by atoms with Crippen molar-refractivity contribution in [2.24, 2.45) is 0 Å². The summed E-state index contributed by atoms with van der Waals surface area (Å²) < 4.78 is 3.89. The minimum atomic E-state index is 0.0178. The fourth-order valence-electron chi connectivity index (χ4n) is 3.26. The molecule has 5 nitrogen and oxygen atoms in total. The topological polar surface area (TPSA) is 58.1 Å². The number of aryl methyl sites for hydroxylation is 1. The van der Waals surface area contributed by atoms with Gasteiger partial charge >= 0.3 is 0 Å². The highest BCUT2D eigenvalue weighted by molar-refractivity contribution is 7.08. The Labute approximate surface area is 117 Å². The number of nitrogens with zero attached hydrogens (tertiary/aromatic N) is 3.